The highest BCUT2D eigenvalue weighted by molar-refractivity contribution is 6.01. The summed E-state index contributed by atoms with van der Waals surface area (Å²) < 4.78 is 16.5. The van der Waals surface area contributed by atoms with Crippen molar-refractivity contribution < 1.29 is 23.5 Å². The monoisotopic (exact) mass is 393 g/mol. The number of fused-ring (bicyclic) bond motifs is 2. The van der Waals surface area contributed by atoms with Crippen LogP contribution in [0.4, 0.5) is 5.69 Å². The predicted molar refractivity (Wildman–Crippen MR) is 109 cm³/mol. The molecule has 1 amide bonds. The van der Waals surface area contributed by atoms with Gasteiger partial charge < -0.3 is 18.8 Å². The zero-order chi connectivity index (χ0) is 20.5. The molecule has 29 heavy (non-hydrogen) atoms. The molecule has 3 aromatic rings. The van der Waals surface area contributed by atoms with Crippen molar-refractivity contribution in [2.45, 2.75) is 39.0 Å². The Hall–Kier alpha value is -3.12. The van der Waals surface area contributed by atoms with Gasteiger partial charge in [0.2, 0.25) is 5.76 Å². The van der Waals surface area contributed by atoms with E-state index < -0.39 is 12.1 Å². The summed E-state index contributed by atoms with van der Waals surface area (Å²) in [4.78, 5) is 27.6. The first-order chi connectivity index (χ1) is 14.0. The molecule has 0 saturated carbocycles. The Bertz CT molecular complexity index is 1070. The van der Waals surface area contributed by atoms with Crippen LogP contribution in [-0.2, 0) is 27.3 Å². The van der Waals surface area contributed by atoms with Crippen LogP contribution in [0.1, 0.15) is 35.5 Å². The average Bonchev–Trinajstić information content (AvgIpc) is 3.25. The van der Waals surface area contributed by atoms with Gasteiger partial charge in [-0.2, -0.15) is 0 Å². The van der Waals surface area contributed by atoms with Gasteiger partial charge in [-0.1, -0.05) is 36.4 Å². The fourth-order valence-corrected chi connectivity index (χ4v) is 3.91. The second-order valence-electron chi connectivity index (χ2n) is 7.28. The van der Waals surface area contributed by atoms with Crippen LogP contribution in [-0.4, -0.2) is 31.1 Å². The van der Waals surface area contributed by atoms with E-state index in [0.29, 0.717) is 11.1 Å². The highest BCUT2D eigenvalue weighted by atomic mass is 16.6. The fourth-order valence-electron chi connectivity index (χ4n) is 3.91. The zero-order valence-corrected chi connectivity index (χ0v) is 16.7. The second kappa shape index (κ2) is 7.72. The SMILES string of the molecule is COCc1c(C(=O)O[C@H](C)C(=O)N2c3ccccc3C[C@H]2C)oc2ccccc12. The Morgan fingerprint density at radius 1 is 1.17 bits per heavy atom. The summed E-state index contributed by atoms with van der Waals surface area (Å²) >= 11 is 0. The third-order valence-electron chi connectivity index (χ3n) is 5.25. The molecule has 2 aromatic carbocycles. The highest BCUT2D eigenvalue weighted by Gasteiger charge is 2.35. The van der Waals surface area contributed by atoms with Crippen molar-refractivity contribution in [3.8, 4) is 0 Å². The summed E-state index contributed by atoms with van der Waals surface area (Å²) in [6, 6.07) is 15.1. The van der Waals surface area contributed by atoms with Gasteiger partial charge in [-0.25, -0.2) is 4.79 Å². The van der Waals surface area contributed by atoms with E-state index in [9.17, 15) is 9.59 Å². The maximum atomic E-state index is 13.1. The third kappa shape index (κ3) is 3.40. The van der Waals surface area contributed by atoms with Gasteiger partial charge in [0.1, 0.15) is 5.58 Å². The Kier molecular flexibility index (Phi) is 5.11. The normalized spacial score (nSPS) is 16.7. The third-order valence-corrected chi connectivity index (χ3v) is 5.25. The summed E-state index contributed by atoms with van der Waals surface area (Å²) in [7, 11) is 1.55. The van der Waals surface area contributed by atoms with E-state index in [0.717, 1.165) is 23.1 Å². The van der Waals surface area contributed by atoms with Crippen LogP contribution in [0.25, 0.3) is 11.0 Å². The van der Waals surface area contributed by atoms with Crippen molar-refractivity contribution in [2.24, 2.45) is 0 Å². The topological polar surface area (TPSA) is 69.0 Å². The van der Waals surface area contributed by atoms with Crippen LogP contribution in [0, 0.1) is 0 Å². The Morgan fingerprint density at radius 2 is 1.90 bits per heavy atom. The lowest BCUT2D eigenvalue weighted by Gasteiger charge is -2.25. The van der Waals surface area contributed by atoms with Crippen molar-refractivity contribution in [3.05, 3.63) is 65.4 Å². The minimum absolute atomic E-state index is 0.0105. The molecular formula is C23H23NO5. The number of methoxy groups -OCH3 is 1. The lowest BCUT2D eigenvalue weighted by atomic mass is 10.1. The second-order valence-corrected chi connectivity index (χ2v) is 7.28. The number of nitrogens with zero attached hydrogens (tertiary/aromatic N) is 1. The van der Waals surface area contributed by atoms with E-state index in [1.807, 2.05) is 49.4 Å². The minimum atomic E-state index is -0.945. The molecule has 1 aromatic heterocycles. The molecule has 2 heterocycles. The molecule has 0 spiro atoms. The zero-order valence-electron chi connectivity index (χ0n) is 16.7. The summed E-state index contributed by atoms with van der Waals surface area (Å²) in [6.07, 6.45) is -0.163. The van der Waals surface area contributed by atoms with E-state index in [1.165, 1.54) is 0 Å². The predicted octanol–water partition coefficient (Wildman–Crippen LogP) is 4.10. The van der Waals surface area contributed by atoms with Crippen LogP contribution in [0.15, 0.2) is 52.9 Å². The van der Waals surface area contributed by atoms with Crippen molar-refractivity contribution >= 4 is 28.5 Å². The molecule has 0 unspecified atom stereocenters. The quantitative estimate of drug-likeness (QED) is 0.611. The summed E-state index contributed by atoms with van der Waals surface area (Å²) in [5.41, 5.74) is 3.18. The number of hydrogen-bond donors (Lipinski definition) is 0. The van der Waals surface area contributed by atoms with Crippen LogP contribution in [0.3, 0.4) is 0 Å². The highest BCUT2D eigenvalue weighted by Crippen LogP contribution is 2.33. The fraction of sp³-hybridized carbons (Fsp3) is 0.304. The number of rotatable bonds is 5. The Labute approximate surface area is 169 Å². The first-order valence-corrected chi connectivity index (χ1v) is 9.62. The van der Waals surface area contributed by atoms with Crippen molar-refractivity contribution in [1.82, 2.24) is 0 Å². The first kappa shape index (κ1) is 19.2. The van der Waals surface area contributed by atoms with Crippen molar-refractivity contribution in [3.63, 3.8) is 0 Å². The Morgan fingerprint density at radius 3 is 2.69 bits per heavy atom. The van der Waals surface area contributed by atoms with Gasteiger partial charge in [-0.05, 0) is 38.0 Å². The number of furan rings is 1. The first-order valence-electron chi connectivity index (χ1n) is 9.62. The lowest BCUT2D eigenvalue weighted by molar-refractivity contribution is -0.126. The molecule has 6 heteroatoms. The van der Waals surface area contributed by atoms with Crippen LogP contribution >= 0.6 is 0 Å². The number of amides is 1. The molecule has 0 N–H and O–H groups in total. The molecule has 0 bridgehead atoms. The van der Waals surface area contributed by atoms with Crippen molar-refractivity contribution in [1.29, 1.82) is 0 Å². The number of carbonyl (C=O) groups excluding carboxylic acids is 2. The number of benzene rings is 2. The number of para-hydroxylation sites is 2. The molecular weight excluding hydrogens is 370 g/mol. The number of ether oxygens (including phenoxy) is 2. The van der Waals surface area contributed by atoms with Gasteiger partial charge in [-0.3, -0.25) is 4.79 Å². The molecule has 4 rings (SSSR count). The molecule has 0 saturated heterocycles. The molecule has 0 fully saturated rings. The summed E-state index contributed by atoms with van der Waals surface area (Å²) in [5.74, 6) is -0.850. The van der Waals surface area contributed by atoms with Crippen LogP contribution in [0.5, 0.6) is 0 Å². The number of anilines is 1. The van der Waals surface area contributed by atoms with Gasteiger partial charge in [0.15, 0.2) is 6.10 Å². The largest absolute Gasteiger partial charge is 0.449 e. The van der Waals surface area contributed by atoms with Crippen LogP contribution < -0.4 is 4.90 Å². The van der Waals surface area contributed by atoms with E-state index in [4.69, 9.17) is 13.9 Å². The van der Waals surface area contributed by atoms with E-state index in [-0.39, 0.29) is 24.3 Å². The number of hydrogen-bond acceptors (Lipinski definition) is 5. The standard InChI is InChI=1S/C23H23NO5/c1-14-12-16-8-4-6-10-19(16)24(14)22(25)15(2)28-23(26)21-18(13-27-3)17-9-5-7-11-20(17)29-21/h4-11,14-15H,12-13H2,1-3H3/t14-,15-/m1/s1. The molecule has 6 nitrogen and oxygen atoms in total. The smallest absolute Gasteiger partial charge is 0.375 e. The average molecular weight is 393 g/mol. The van der Waals surface area contributed by atoms with E-state index in [2.05, 4.69) is 0 Å². The van der Waals surface area contributed by atoms with Crippen molar-refractivity contribution in [2.75, 3.05) is 12.0 Å². The minimum Gasteiger partial charge on any atom is -0.449 e. The van der Waals surface area contributed by atoms with E-state index in [1.54, 1.807) is 25.0 Å². The molecule has 0 aliphatic carbocycles. The number of esters is 1. The lowest BCUT2D eigenvalue weighted by Crippen LogP contribution is -2.43. The molecule has 1 aliphatic rings. The molecule has 1 aliphatic heterocycles. The van der Waals surface area contributed by atoms with Crippen LogP contribution in [0.2, 0.25) is 0 Å². The van der Waals surface area contributed by atoms with Gasteiger partial charge in [0.25, 0.3) is 5.91 Å². The Balaban J connectivity index is 1.57. The summed E-state index contributed by atoms with van der Waals surface area (Å²) in [6.45, 7) is 3.79. The van der Waals surface area contributed by atoms with E-state index >= 15 is 0 Å². The molecule has 150 valence electrons. The van der Waals surface area contributed by atoms with Gasteiger partial charge in [0.05, 0.1) is 6.61 Å². The van der Waals surface area contributed by atoms with Gasteiger partial charge in [0, 0.05) is 29.8 Å². The van der Waals surface area contributed by atoms with Gasteiger partial charge in [-0.15, -0.1) is 0 Å². The van der Waals surface area contributed by atoms with Gasteiger partial charge >= 0.3 is 5.97 Å². The molecule has 2 atom stereocenters. The maximum absolute atomic E-state index is 13.1. The summed E-state index contributed by atoms with van der Waals surface area (Å²) in [5, 5.41) is 0.794. The molecule has 0 radical (unpaired) electrons. The number of carbonyl (C=O) groups is 2. The maximum Gasteiger partial charge on any atom is 0.375 e.